The van der Waals surface area contributed by atoms with Gasteiger partial charge in [0.05, 0.1) is 38.1 Å². The highest BCUT2D eigenvalue weighted by molar-refractivity contribution is 5.78. The Labute approximate surface area is 280 Å². The van der Waals surface area contributed by atoms with Gasteiger partial charge in [0.2, 0.25) is 0 Å². The first-order chi connectivity index (χ1) is 22.4. The summed E-state index contributed by atoms with van der Waals surface area (Å²) in [5, 5.41) is 23.3. The highest BCUT2D eigenvalue weighted by Crippen LogP contribution is 2.47. The second-order valence-electron chi connectivity index (χ2n) is 14.6. The van der Waals surface area contributed by atoms with Crippen LogP contribution in [0, 0.1) is 23.7 Å². The van der Waals surface area contributed by atoms with Gasteiger partial charge in [0.1, 0.15) is 36.6 Å². The number of carbonyl (C=O) groups excluding carboxylic acids is 1. The lowest BCUT2D eigenvalue weighted by Crippen LogP contribution is -2.58. The summed E-state index contributed by atoms with van der Waals surface area (Å²) in [7, 11) is 1.63. The molecule has 3 fully saturated rings. The molecule has 1 spiro atoms. The molecule has 264 valence electrons. The normalized spacial score (nSPS) is 44.2. The van der Waals surface area contributed by atoms with E-state index in [1.807, 2.05) is 12.2 Å². The van der Waals surface area contributed by atoms with Crippen LogP contribution in [0.1, 0.15) is 73.6 Å². The molecular weight excluding hydrogens is 604 g/mol. The van der Waals surface area contributed by atoms with Gasteiger partial charge in [-0.1, -0.05) is 58.1 Å². The zero-order chi connectivity index (χ0) is 33.9. The van der Waals surface area contributed by atoms with Crippen molar-refractivity contribution in [3.8, 4) is 0 Å². The fourth-order valence-electron chi connectivity index (χ4n) is 8.03. The fourth-order valence-corrected chi connectivity index (χ4v) is 8.03. The summed E-state index contributed by atoms with van der Waals surface area (Å²) < 4.78 is 42.9. The number of aliphatic hydroxyl groups is 2. The average molecular weight is 661 g/mol. The summed E-state index contributed by atoms with van der Waals surface area (Å²) in [5.74, 6) is -1.83. The van der Waals surface area contributed by atoms with Crippen LogP contribution in [0.25, 0.3) is 0 Å². The smallest absolute Gasteiger partial charge is 0.316 e. The van der Waals surface area contributed by atoms with E-state index in [9.17, 15) is 15.0 Å². The van der Waals surface area contributed by atoms with E-state index < -0.39 is 41.6 Å². The van der Waals surface area contributed by atoms with Crippen LogP contribution in [-0.4, -0.2) is 97.9 Å². The second-order valence-corrected chi connectivity index (χ2v) is 14.6. The molecule has 10 nitrogen and oxygen atoms in total. The maximum absolute atomic E-state index is 14.1. The number of fused-ring (bicyclic) bond motifs is 2. The first-order valence-electron chi connectivity index (χ1n) is 17.4. The monoisotopic (exact) mass is 660 g/mol. The third kappa shape index (κ3) is 7.80. The van der Waals surface area contributed by atoms with Gasteiger partial charge in [-0.05, 0) is 55.2 Å². The van der Waals surface area contributed by atoms with Crippen molar-refractivity contribution in [2.24, 2.45) is 23.7 Å². The highest BCUT2D eigenvalue weighted by Gasteiger charge is 2.60. The van der Waals surface area contributed by atoms with Crippen molar-refractivity contribution >= 4 is 5.97 Å². The van der Waals surface area contributed by atoms with Gasteiger partial charge in [-0.15, -0.1) is 0 Å². The minimum atomic E-state index is -1.76. The van der Waals surface area contributed by atoms with Gasteiger partial charge < -0.3 is 43.4 Å². The summed E-state index contributed by atoms with van der Waals surface area (Å²) in [4.78, 5) is 14.1. The van der Waals surface area contributed by atoms with Crippen LogP contribution >= 0.6 is 0 Å². The Morgan fingerprint density at radius 1 is 1.11 bits per heavy atom. The number of aliphatic hydroxyl groups excluding tert-OH is 1. The Hall–Kier alpha value is -1.89. The summed E-state index contributed by atoms with van der Waals surface area (Å²) >= 11 is 0. The van der Waals surface area contributed by atoms with Crippen molar-refractivity contribution < 1.29 is 48.2 Å². The van der Waals surface area contributed by atoms with Crippen LogP contribution in [0.5, 0.6) is 0 Å². The minimum Gasteiger partial charge on any atom is -0.462 e. The van der Waals surface area contributed by atoms with E-state index in [0.717, 1.165) is 12.0 Å². The molecule has 0 unspecified atom stereocenters. The molecule has 1 aliphatic carbocycles. The summed E-state index contributed by atoms with van der Waals surface area (Å²) in [6, 6.07) is 0. The van der Waals surface area contributed by atoms with Crippen molar-refractivity contribution in [2.75, 3.05) is 33.7 Å². The fraction of sp³-hybridized carbons (Fsp3) is 0.757. The van der Waals surface area contributed by atoms with E-state index in [0.29, 0.717) is 61.9 Å². The Morgan fingerprint density at radius 3 is 2.64 bits per heavy atom. The van der Waals surface area contributed by atoms with E-state index in [4.69, 9.17) is 33.2 Å². The minimum absolute atomic E-state index is 0.0210. The maximum atomic E-state index is 14.1. The van der Waals surface area contributed by atoms with Crippen molar-refractivity contribution in [1.29, 1.82) is 0 Å². The Bertz CT molecular complexity index is 1220. The zero-order valence-corrected chi connectivity index (χ0v) is 29.2. The molecule has 5 rings (SSSR count). The zero-order valence-electron chi connectivity index (χ0n) is 29.2. The summed E-state index contributed by atoms with van der Waals surface area (Å²) in [6.45, 7) is 13.5. The first-order valence-corrected chi connectivity index (χ1v) is 17.4. The number of esters is 1. The molecule has 11 atom stereocenters. The molecule has 0 aromatic rings. The largest absolute Gasteiger partial charge is 0.462 e. The number of hydrogen-bond donors (Lipinski definition) is 2. The molecule has 10 heteroatoms. The maximum Gasteiger partial charge on any atom is 0.316 e. The lowest BCUT2D eigenvalue weighted by molar-refractivity contribution is -0.340. The van der Waals surface area contributed by atoms with Crippen molar-refractivity contribution in [1.82, 2.24) is 0 Å². The molecule has 0 radical (unpaired) electrons. The van der Waals surface area contributed by atoms with Gasteiger partial charge in [-0.3, -0.25) is 4.79 Å². The lowest BCUT2D eigenvalue weighted by atomic mass is 9.71. The molecule has 0 aromatic carbocycles. The number of hydrogen-bond acceptors (Lipinski definition) is 10. The summed E-state index contributed by atoms with van der Waals surface area (Å²) in [6.07, 6.45) is 9.55. The van der Waals surface area contributed by atoms with Crippen LogP contribution in [-0.2, 0) is 38.0 Å². The molecular formula is C37H56O10. The summed E-state index contributed by atoms with van der Waals surface area (Å²) in [5.41, 5.74) is 0.358. The molecule has 4 heterocycles. The van der Waals surface area contributed by atoms with Crippen LogP contribution < -0.4 is 0 Å². The molecule has 0 amide bonds. The van der Waals surface area contributed by atoms with Crippen molar-refractivity contribution in [3.05, 3.63) is 47.1 Å². The Kier molecular flexibility index (Phi) is 11.9. The van der Waals surface area contributed by atoms with Crippen molar-refractivity contribution in [2.45, 2.75) is 122 Å². The van der Waals surface area contributed by atoms with E-state index >= 15 is 0 Å². The highest BCUT2D eigenvalue weighted by atomic mass is 16.7. The predicted octanol–water partition coefficient (Wildman–Crippen LogP) is 4.79. The topological polar surface area (TPSA) is 122 Å². The van der Waals surface area contributed by atoms with E-state index in [-0.39, 0.29) is 37.6 Å². The van der Waals surface area contributed by atoms with Gasteiger partial charge in [-0.2, -0.15) is 0 Å². The SMILES string of the molecule is COCCOCO[C@@H]1/C(C)=C\C[C@@H]2C[C@@H](C[C@]3(CC[C@H](C)[C@@H](C(C)C)O3)O2)OC(=O)[C@@H]2C=C(C)[C@@H](O)[C@@H]3OC/C(=C/C=C\[C@@H]1C)[C@@]23O. The molecule has 47 heavy (non-hydrogen) atoms. The van der Waals surface area contributed by atoms with E-state index in [1.165, 1.54) is 0 Å². The van der Waals surface area contributed by atoms with Crippen LogP contribution in [0.2, 0.25) is 0 Å². The molecule has 2 bridgehead atoms. The van der Waals surface area contributed by atoms with Gasteiger partial charge >= 0.3 is 5.97 Å². The molecule has 4 aliphatic heterocycles. The molecule has 3 saturated heterocycles. The number of allylic oxidation sites excluding steroid dienone is 2. The first kappa shape index (κ1) is 36.4. The predicted molar refractivity (Wildman–Crippen MR) is 175 cm³/mol. The standard InChI is InChI=1S/C37H56O10/c1-22(2)32-25(5)13-14-36(47-32)19-29-18-28(46-36)12-11-24(4)33(44-21-42-16-15-41-7)23(3)9-8-10-27-20-43-34-31(38)26(6)17-30(35(39)45-29)37(27,34)40/h8-11,17,22-23,25,28-34,38,40H,12-16,18-21H2,1-7H3/b9-8-,24-11-,27-10-/t23-,25-,28+,29-,30-,31+,32+,33-,34-,36+,37+/m0/s1. The number of rotatable bonds is 7. The quantitative estimate of drug-likeness (QED) is 0.171. The molecule has 0 aromatic heterocycles. The molecule has 2 N–H and O–H groups in total. The third-order valence-electron chi connectivity index (χ3n) is 10.7. The lowest BCUT2D eigenvalue weighted by Gasteiger charge is -2.50. The van der Waals surface area contributed by atoms with Crippen LogP contribution in [0.4, 0.5) is 0 Å². The molecule has 5 aliphatic rings. The van der Waals surface area contributed by atoms with Crippen LogP contribution in [0.3, 0.4) is 0 Å². The Balaban J connectivity index is 1.51. The van der Waals surface area contributed by atoms with Gasteiger partial charge in [0.15, 0.2) is 5.79 Å². The van der Waals surface area contributed by atoms with Crippen molar-refractivity contribution in [3.63, 3.8) is 0 Å². The third-order valence-corrected chi connectivity index (χ3v) is 10.7. The van der Waals surface area contributed by atoms with E-state index in [2.05, 4.69) is 40.7 Å². The number of ether oxygens (including phenoxy) is 7. The second kappa shape index (κ2) is 15.3. The number of methoxy groups -OCH3 is 1. The van der Waals surface area contributed by atoms with Gasteiger partial charge in [0, 0.05) is 32.3 Å². The van der Waals surface area contributed by atoms with Gasteiger partial charge in [-0.25, -0.2) is 0 Å². The van der Waals surface area contributed by atoms with E-state index in [1.54, 1.807) is 26.2 Å². The molecule has 0 saturated carbocycles. The average Bonchev–Trinajstić information content (AvgIpc) is 3.37. The Morgan fingerprint density at radius 2 is 1.89 bits per heavy atom. The number of carbonyl (C=O) groups is 1. The van der Waals surface area contributed by atoms with Crippen LogP contribution in [0.15, 0.2) is 47.1 Å². The van der Waals surface area contributed by atoms with Gasteiger partial charge in [0.25, 0.3) is 0 Å².